The molecule has 154 valence electrons. The van der Waals surface area contributed by atoms with Gasteiger partial charge in [-0.3, -0.25) is 0 Å². The van der Waals surface area contributed by atoms with Crippen molar-refractivity contribution in [1.82, 2.24) is 4.90 Å². The maximum absolute atomic E-state index is 10.7. The molecule has 0 bridgehead atoms. The maximum Gasteiger partial charge on any atom is 0.161 e. The average molecular weight is 432 g/mol. The predicted octanol–water partition coefficient (Wildman–Crippen LogP) is 4.81. The molecule has 2 aromatic carbocycles. The Hall–Kier alpha value is -1.99. The molecule has 2 atom stereocenters. The molecule has 29 heavy (non-hydrogen) atoms. The molecule has 1 fully saturated rings. The van der Waals surface area contributed by atoms with Gasteiger partial charge in [0.2, 0.25) is 0 Å². The Balaban J connectivity index is 1.47. The summed E-state index contributed by atoms with van der Waals surface area (Å²) in [5.74, 6) is 0.776. The van der Waals surface area contributed by atoms with Gasteiger partial charge in [0, 0.05) is 40.6 Å². The zero-order valence-corrected chi connectivity index (χ0v) is 18.4. The lowest BCUT2D eigenvalue weighted by atomic mass is 10.2. The first-order valence-corrected chi connectivity index (χ1v) is 10.9. The van der Waals surface area contributed by atoms with Crippen molar-refractivity contribution in [1.29, 1.82) is 0 Å². The van der Waals surface area contributed by atoms with Crippen LogP contribution < -0.4 is 15.0 Å². The molecule has 0 spiro atoms. The lowest BCUT2D eigenvalue weighted by molar-refractivity contribution is 0.212. The smallest absolute Gasteiger partial charge is 0.161 e. The van der Waals surface area contributed by atoms with Gasteiger partial charge in [0.15, 0.2) is 6.23 Å². The number of aliphatic hydroxyl groups is 1. The second-order valence-electron chi connectivity index (χ2n) is 7.59. The van der Waals surface area contributed by atoms with E-state index in [1.165, 1.54) is 23.4 Å². The van der Waals surface area contributed by atoms with Crippen LogP contribution in [0.3, 0.4) is 0 Å². The molecule has 1 saturated heterocycles. The minimum atomic E-state index is -0.873. The number of fused-ring (bicyclic) bond motifs is 1. The summed E-state index contributed by atoms with van der Waals surface area (Å²) in [5.41, 5.74) is 2.07. The first kappa shape index (κ1) is 20.3. The fourth-order valence-corrected chi connectivity index (χ4v) is 5.26. The SMILES string of the molecule is COc1ccc2c(Cl)c(C(O)Nc3ccc(N4CCC(N(C)C)C4)cc3)sc2c1. The van der Waals surface area contributed by atoms with Crippen LogP contribution in [-0.4, -0.2) is 50.3 Å². The van der Waals surface area contributed by atoms with E-state index in [1.54, 1.807) is 7.11 Å². The Kier molecular flexibility index (Phi) is 5.88. The molecule has 4 rings (SSSR count). The van der Waals surface area contributed by atoms with Gasteiger partial charge in [-0.2, -0.15) is 0 Å². The van der Waals surface area contributed by atoms with E-state index in [9.17, 15) is 5.11 Å². The molecule has 1 aromatic heterocycles. The predicted molar refractivity (Wildman–Crippen MR) is 123 cm³/mol. The molecule has 5 nitrogen and oxygen atoms in total. The largest absolute Gasteiger partial charge is 0.497 e. The van der Waals surface area contributed by atoms with Crippen molar-refractivity contribution in [2.75, 3.05) is 44.5 Å². The second-order valence-corrected chi connectivity index (χ2v) is 9.05. The number of aliphatic hydroxyl groups excluding tert-OH is 1. The van der Waals surface area contributed by atoms with E-state index in [1.807, 2.05) is 30.3 Å². The van der Waals surface area contributed by atoms with Crippen LogP contribution in [0.5, 0.6) is 5.75 Å². The van der Waals surface area contributed by atoms with Crippen LogP contribution in [0.1, 0.15) is 17.5 Å². The minimum Gasteiger partial charge on any atom is -0.497 e. The van der Waals surface area contributed by atoms with Crippen molar-refractivity contribution in [3.05, 3.63) is 52.4 Å². The van der Waals surface area contributed by atoms with Crippen molar-refractivity contribution in [3.63, 3.8) is 0 Å². The van der Waals surface area contributed by atoms with Crippen LogP contribution in [0.25, 0.3) is 10.1 Å². The fourth-order valence-electron chi connectivity index (χ4n) is 3.76. The molecule has 3 aromatic rings. The molecule has 7 heteroatoms. The van der Waals surface area contributed by atoms with Crippen molar-refractivity contribution >= 4 is 44.4 Å². The van der Waals surface area contributed by atoms with Crippen molar-refractivity contribution in [3.8, 4) is 5.75 Å². The Bertz CT molecular complexity index is 990. The third-order valence-corrected chi connectivity index (χ3v) is 7.26. The summed E-state index contributed by atoms with van der Waals surface area (Å²) in [6.07, 6.45) is 0.308. The number of hydrogen-bond donors (Lipinski definition) is 2. The maximum atomic E-state index is 10.7. The highest BCUT2D eigenvalue weighted by molar-refractivity contribution is 7.19. The van der Waals surface area contributed by atoms with Crippen molar-refractivity contribution in [2.45, 2.75) is 18.7 Å². The summed E-state index contributed by atoms with van der Waals surface area (Å²) in [7, 11) is 5.91. The molecule has 0 aliphatic carbocycles. The normalized spacial score (nSPS) is 17.9. The van der Waals surface area contributed by atoms with E-state index in [0.717, 1.165) is 34.6 Å². The van der Waals surface area contributed by atoms with Crippen LogP contribution >= 0.6 is 22.9 Å². The van der Waals surface area contributed by atoms with Crippen LogP contribution in [0.15, 0.2) is 42.5 Å². The van der Waals surface area contributed by atoms with E-state index < -0.39 is 6.23 Å². The summed E-state index contributed by atoms with van der Waals surface area (Å²) in [5, 5.41) is 15.4. The Morgan fingerprint density at radius 2 is 2.00 bits per heavy atom. The lowest BCUT2D eigenvalue weighted by Crippen LogP contribution is -2.31. The highest BCUT2D eigenvalue weighted by Gasteiger charge is 2.24. The molecule has 2 heterocycles. The number of anilines is 2. The van der Waals surface area contributed by atoms with Gasteiger partial charge < -0.3 is 25.0 Å². The quantitative estimate of drug-likeness (QED) is 0.548. The van der Waals surface area contributed by atoms with E-state index in [-0.39, 0.29) is 0 Å². The first-order valence-electron chi connectivity index (χ1n) is 9.68. The van der Waals surface area contributed by atoms with Gasteiger partial charge in [-0.1, -0.05) is 11.6 Å². The number of hydrogen-bond acceptors (Lipinski definition) is 6. The third kappa shape index (κ3) is 4.16. The Morgan fingerprint density at radius 3 is 2.66 bits per heavy atom. The molecular weight excluding hydrogens is 406 g/mol. The van der Waals surface area contributed by atoms with Crippen LogP contribution in [0, 0.1) is 0 Å². The van der Waals surface area contributed by atoms with Crippen LogP contribution in [0.4, 0.5) is 11.4 Å². The number of rotatable bonds is 6. The molecule has 0 amide bonds. The number of methoxy groups -OCH3 is 1. The monoisotopic (exact) mass is 431 g/mol. The summed E-state index contributed by atoms with van der Waals surface area (Å²) >= 11 is 7.99. The number of likely N-dealkylation sites (N-methyl/N-ethyl adjacent to an activating group) is 1. The van der Waals surface area contributed by atoms with Gasteiger partial charge in [-0.25, -0.2) is 0 Å². The molecule has 1 aliphatic heterocycles. The van der Waals surface area contributed by atoms with E-state index in [0.29, 0.717) is 15.9 Å². The van der Waals surface area contributed by atoms with E-state index >= 15 is 0 Å². The number of halogens is 1. The number of nitrogens with one attached hydrogen (secondary N) is 1. The van der Waals surface area contributed by atoms with Gasteiger partial charge in [-0.05, 0) is 63.0 Å². The highest BCUT2D eigenvalue weighted by atomic mass is 35.5. The van der Waals surface area contributed by atoms with Gasteiger partial charge in [0.25, 0.3) is 0 Å². The van der Waals surface area contributed by atoms with Crippen molar-refractivity contribution in [2.24, 2.45) is 0 Å². The van der Waals surface area contributed by atoms with Crippen LogP contribution in [0.2, 0.25) is 5.02 Å². The van der Waals surface area contributed by atoms with Gasteiger partial charge in [0.05, 0.1) is 17.0 Å². The summed E-state index contributed by atoms with van der Waals surface area (Å²) in [6, 6.07) is 14.6. The first-order chi connectivity index (χ1) is 14.0. The standard InChI is InChI=1S/C22H26ClN3O2S/c1-25(2)16-10-11-26(13-16)15-6-4-14(5-7-15)24-22(27)21-20(23)18-9-8-17(28-3)12-19(18)29-21/h4-9,12,16,22,24,27H,10-11,13H2,1-3H3. The fraction of sp³-hybridized carbons (Fsp3) is 0.364. The number of ether oxygens (including phenoxy) is 1. The van der Waals surface area contributed by atoms with Crippen molar-refractivity contribution < 1.29 is 9.84 Å². The molecule has 0 radical (unpaired) electrons. The van der Waals surface area contributed by atoms with E-state index in [4.69, 9.17) is 16.3 Å². The molecule has 2 unspecified atom stereocenters. The number of benzene rings is 2. The number of nitrogens with zero attached hydrogens (tertiary/aromatic N) is 2. The second kappa shape index (κ2) is 8.40. The molecule has 0 saturated carbocycles. The molecule has 1 aliphatic rings. The molecular formula is C22H26ClN3O2S. The molecule has 2 N–H and O–H groups in total. The van der Waals surface area contributed by atoms with Gasteiger partial charge >= 0.3 is 0 Å². The lowest BCUT2D eigenvalue weighted by Gasteiger charge is -2.22. The number of thiophene rings is 1. The zero-order valence-electron chi connectivity index (χ0n) is 16.9. The summed E-state index contributed by atoms with van der Waals surface area (Å²) in [4.78, 5) is 5.39. The average Bonchev–Trinajstić information content (AvgIpc) is 3.34. The van der Waals surface area contributed by atoms with Gasteiger partial charge in [0.1, 0.15) is 5.75 Å². The van der Waals surface area contributed by atoms with E-state index in [2.05, 4.69) is 41.3 Å². The third-order valence-electron chi connectivity index (χ3n) is 5.54. The summed E-state index contributed by atoms with van der Waals surface area (Å²) in [6.45, 7) is 2.11. The Labute approximate surface area is 180 Å². The van der Waals surface area contributed by atoms with Gasteiger partial charge in [-0.15, -0.1) is 11.3 Å². The topological polar surface area (TPSA) is 48.0 Å². The summed E-state index contributed by atoms with van der Waals surface area (Å²) < 4.78 is 6.27. The minimum absolute atomic E-state index is 0.580. The van der Waals surface area contributed by atoms with Crippen LogP contribution in [-0.2, 0) is 0 Å². The highest BCUT2D eigenvalue weighted by Crippen LogP contribution is 2.40. The zero-order chi connectivity index (χ0) is 20.5. The Morgan fingerprint density at radius 1 is 1.24 bits per heavy atom.